The van der Waals surface area contributed by atoms with Crippen molar-refractivity contribution in [1.29, 1.82) is 0 Å². The molecule has 4 aromatic rings. The van der Waals surface area contributed by atoms with Crippen molar-refractivity contribution < 1.29 is 32.9 Å². The summed E-state index contributed by atoms with van der Waals surface area (Å²) in [5.41, 5.74) is 2.39. The second-order valence-corrected chi connectivity index (χ2v) is 10.0. The summed E-state index contributed by atoms with van der Waals surface area (Å²) in [5, 5.41) is 0.997. The van der Waals surface area contributed by atoms with Gasteiger partial charge in [-0.25, -0.2) is 4.39 Å². The molecule has 7 nitrogen and oxygen atoms in total. The second kappa shape index (κ2) is 10.6. The summed E-state index contributed by atoms with van der Waals surface area (Å²) in [7, 11) is 0. The summed E-state index contributed by atoms with van der Waals surface area (Å²) in [6.07, 6.45) is 1.76. The topological polar surface area (TPSA) is 86.9 Å². The fourth-order valence-corrected chi connectivity index (χ4v) is 5.11. The molecular weight excluding hydrogens is 525 g/mol. The van der Waals surface area contributed by atoms with Crippen molar-refractivity contribution >= 4 is 34.4 Å². The van der Waals surface area contributed by atoms with Gasteiger partial charge in [-0.2, -0.15) is 0 Å². The van der Waals surface area contributed by atoms with Crippen LogP contribution in [0.5, 0.6) is 11.5 Å². The van der Waals surface area contributed by atoms with E-state index in [9.17, 15) is 14.0 Å². The molecular formula is C30H27ClFNO6. The van der Waals surface area contributed by atoms with Crippen LogP contribution in [0.4, 0.5) is 4.39 Å². The molecule has 1 aliphatic heterocycles. The van der Waals surface area contributed by atoms with Gasteiger partial charge in [0.05, 0.1) is 11.6 Å². The summed E-state index contributed by atoms with van der Waals surface area (Å²) in [6, 6.07) is 17.1. The van der Waals surface area contributed by atoms with Gasteiger partial charge in [0.25, 0.3) is 5.79 Å². The lowest BCUT2D eigenvalue weighted by Gasteiger charge is -2.36. The lowest BCUT2D eigenvalue weighted by molar-refractivity contribution is -0.240. The molecule has 0 unspecified atom stereocenters. The maximum atomic E-state index is 14.2. The molecule has 0 bridgehead atoms. The van der Waals surface area contributed by atoms with Gasteiger partial charge >= 0.3 is 11.9 Å². The summed E-state index contributed by atoms with van der Waals surface area (Å²) in [4.78, 5) is 29.7. The lowest BCUT2D eigenvalue weighted by atomic mass is 9.79. The Hall–Kier alpha value is -4.04. The molecule has 1 N–H and O–H groups in total. The molecule has 1 saturated heterocycles. The molecule has 1 aromatic heterocycles. The monoisotopic (exact) mass is 551 g/mol. The Morgan fingerprint density at radius 2 is 1.72 bits per heavy atom. The van der Waals surface area contributed by atoms with Crippen LogP contribution in [0.25, 0.3) is 10.9 Å². The minimum Gasteiger partial charge on any atom is -0.490 e. The van der Waals surface area contributed by atoms with Crippen molar-refractivity contribution in [2.75, 3.05) is 6.61 Å². The predicted octanol–water partition coefficient (Wildman–Crippen LogP) is 6.52. The molecule has 1 aliphatic rings. The molecule has 0 spiro atoms. The van der Waals surface area contributed by atoms with E-state index >= 15 is 0 Å². The quantitative estimate of drug-likeness (QED) is 0.198. The van der Waals surface area contributed by atoms with Crippen LogP contribution < -0.4 is 9.47 Å². The Morgan fingerprint density at radius 1 is 1.03 bits per heavy atom. The van der Waals surface area contributed by atoms with E-state index in [0.29, 0.717) is 22.4 Å². The van der Waals surface area contributed by atoms with Gasteiger partial charge in [-0.1, -0.05) is 48.0 Å². The van der Waals surface area contributed by atoms with E-state index in [2.05, 4.69) is 4.98 Å². The molecule has 1 atom stereocenters. The summed E-state index contributed by atoms with van der Waals surface area (Å²) < 4.78 is 36.9. The van der Waals surface area contributed by atoms with E-state index in [-0.39, 0.29) is 24.0 Å². The molecule has 9 heteroatoms. The van der Waals surface area contributed by atoms with E-state index in [4.69, 9.17) is 30.5 Å². The Morgan fingerprint density at radius 3 is 2.44 bits per heavy atom. The Kier molecular flexibility index (Phi) is 7.23. The number of aromatic amines is 1. The van der Waals surface area contributed by atoms with E-state index in [1.54, 1.807) is 43.5 Å². The van der Waals surface area contributed by atoms with Gasteiger partial charge in [-0.05, 0) is 42.3 Å². The van der Waals surface area contributed by atoms with E-state index < -0.39 is 35.4 Å². The normalized spacial score (nSPS) is 16.0. The molecule has 1 fully saturated rings. The lowest BCUT2D eigenvalue weighted by Crippen LogP contribution is -2.48. The van der Waals surface area contributed by atoms with Crippen molar-refractivity contribution in [1.82, 2.24) is 4.98 Å². The molecule has 0 radical (unpaired) electrons. The van der Waals surface area contributed by atoms with Crippen molar-refractivity contribution in [2.24, 2.45) is 5.92 Å². The zero-order valence-electron chi connectivity index (χ0n) is 21.6. The van der Waals surface area contributed by atoms with Crippen LogP contribution in [0.2, 0.25) is 5.02 Å². The molecule has 202 valence electrons. The van der Waals surface area contributed by atoms with Gasteiger partial charge in [-0.3, -0.25) is 9.59 Å². The highest BCUT2D eigenvalue weighted by atomic mass is 35.5. The van der Waals surface area contributed by atoms with Crippen LogP contribution in [0.15, 0.2) is 66.9 Å². The SMILES string of the molecule is CCOc1cc([C@@H](c2c[nH]c3ccccc23)C2C(=O)OC(C)(C)OC2=O)cc(Cl)c1OCc1ccccc1F. The number of rotatable bonds is 8. The van der Waals surface area contributed by atoms with Gasteiger partial charge in [0.2, 0.25) is 0 Å². The minimum atomic E-state index is -1.38. The van der Waals surface area contributed by atoms with Crippen LogP contribution in [0.3, 0.4) is 0 Å². The van der Waals surface area contributed by atoms with Crippen molar-refractivity contribution in [2.45, 2.75) is 39.1 Å². The first-order valence-corrected chi connectivity index (χ1v) is 12.9. The number of H-pyrrole nitrogens is 1. The summed E-state index contributed by atoms with van der Waals surface area (Å²) in [6.45, 7) is 5.02. The number of esters is 2. The Balaban J connectivity index is 1.61. The maximum Gasteiger partial charge on any atom is 0.324 e. The number of para-hydroxylation sites is 1. The molecule has 39 heavy (non-hydrogen) atoms. The molecule has 0 saturated carbocycles. The third kappa shape index (κ3) is 5.29. The fraction of sp³-hybridized carbons (Fsp3) is 0.267. The smallest absolute Gasteiger partial charge is 0.324 e. The van der Waals surface area contributed by atoms with E-state index in [1.807, 2.05) is 24.3 Å². The Labute approximate surface area is 229 Å². The van der Waals surface area contributed by atoms with Crippen LogP contribution in [0, 0.1) is 11.7 Å². The molecule has 5 rings (SSSR count). The second-order valence-electron chi connectivity index (χ2n) is 9.63. The van der Waals surface area contributed by atoms with Crippen LogP contribution >= 0.6 is 11.6 Å². The molecule has 0 amide bonds. The number of ether oxygens (including phenoxy) is 4. The van der Waals surface area contributed by atoms with Gasteiger partial charge in [0, 0.05) is 42.4 Å². The number of cyclic esters (lactones) is 2. The third-order valence-corrected chi connectivity index (χ3v) is 6.79. The number of aromatic nitrogens is 1. The average Bonchev–Trinajstić information content (AvgIpc) is 3.30. The highest BCUT2D eigenvalue weighted by Crippen LogP contribution is 2.45. The Bertz CT molecular complexity index is 1530. The first kappa shape index (κ1) is 26.6. The van der Waals surface area contributed by atoms with Crippen LogP contribution in [-0.4, -0.2) is 29.3 Å². The number of carbonyl (C=O) groups excluding carboxylic acids is 2. The maximum absolute atomic E-state index is 14.2. The number of carbonyl (C=O) groups is 2. The van der Waals surface area contributed by atoms with Crippen molar-refractivity contribution in [3.63, 3.8) is 0 Å². The minimum absolute atomic E-state index is 0.0753. The van der Waals surface area contributed by atoms with Crippen LogP contribution in [-0.2, 0) is 25.7 Å². The number of halogens is 2. The average molecular weight is 552 g/mol. The standard InChI is InChI=1S/C30H27ClFNO6/c1-4-36-24-14-18(13-21(31)27(24)37-16-17-9-5-7-11-22(17)32)25(20-15-33-23-12-8-6-10-19(20)23)26-28(34)38-30(2,3)39-29(26)35/h5-15,25-26,33H,4,16H2,1-3H3/t25-/m0/s1. The van der Waals surface area contributed by atoms with Gasteiger partial charge in [0.15, 0.2) is 17.4 Å². The van der Waals surface area contributed by atoms with E-state index in [1.165, 1.54) is 19.9 Å². The number of benzene rings is 3. The van der Waals surface area contributed by atoms with Gasteiger partial charge in [-0.15, -0.1) is 0 Å². The van der Waals surface area contributed by atoms with Gasteiger partial charge < -0.3 is 23.9 Å². The molecule has 0 aliphatic carbocycles. The van der Waals surface area contributed by atoms with Crippen molar-refractivity contribution in [3.8, 4) is 11.5 Å². The number of hydrogen-bond acceptors (Lipinski definition) is 6. The number of hydrogen-bond donors (Lipinski definition) is 1. The van der Waals surface area contributed by atoms with E-state index in [0.717, 1.165) is 10.9 Å². The van der Waals surface area contributed by atoms with Crippen molar-refractivity contribution in [3.05, 3.63) is 94.4 Å². The number of fused-ring (bicyclic) bond motifs is 1. The van der Waals surface area contributed by atoms with Crippen LogP contribution in [0.1, 0.15) is 43.4 Å². The summed E-state index contributed by atoms with van der Waals surface area (Å²) >= 11 is 6.72. The largest absolute Gasteiger partial charge is 0.490 e. The molecule has 2 heterocycles. The zero-order valence-corrected chi connectivity index (χ0v) is 22.4. The highest BCUT2D eigenvalue weighted by Gasteiger charge is 2.49. The predicted molar refractivity (Wildman–Crippen MR) is 143 cm³/mol. The van der Waals surface area contributed by atoms with Gasteiger partial charge in [0.1, 0.15) is 12.4 Å². The first-order chi connectivity index (χ1) is 18.7. The third-order valence-electron chi connectivity index (χ3n) is 6.51. The zero-order chi connectivity index (χ0) is 27.7. The molecule has 3 aromatic carbocycles. The fourth-order valence-electron chi connectivity index (χ4n) is 4.84. The number of nitrogens with one attached hydrogen (secondary N) is 1. The summed E-state index contributed by atoms with van der Waals surface area (Å²) in [5.74, 6) is -4.81. The first-order valence-electron chi connectivity index (χ1n) is 12.5. The highest BCUT2D eigenvalue weighted by molar-refractivity contribution is 6.32.